The maximum Gasteiger partial charge on any atom is 0.240 e. The molecule has 4 heteroatoms. The number of aromatic nitrogens is 1. The smallest absolute Gasteiger partial charge is 0.240 e. The Morgan fingerprint density at radius 1 is 1.50 bits per heavy atom. The minimum atomic E-state index is -0.394. The molecule has 1 aromatic rings. The van der Waals surface area contributed by atoms with Gasteiger partial charge in [-0.3, -0.25) is 9.78 Å². The first-order valence-corrected chi connectivity index (χ1v) is 6.51. The molecule has 0 spiro atoms. The molecule has 0 saturated carbocycles. The molecule has 0 radical (unpaired) electrons. The van der Waals surface area contributed by atoms with Gasteiger partial charge in [0.15, 0.2) is 0 Å². The number of carbonyl (C=O) groups excluding carboxylic acids is 1. The van der Waals surface area contributed by atoms with Crippen LogP contribution in [0.1, 0.15) is 39.2 Å². The maximum atomic E-state index is 12.3. The van der Waals surface area contributed by atoms with Gasteiger partial charge in [-0.1, -0.05) is 19.4 Å². The molecule has 1 amide bonds. The van der Waals surface area contributed by atoms with Crippen LogP contribution in [-0.2, 0) is 11.3 Å². The summed E-state index contributed by atoms with van der Waals surface area (Å²) in [6.07, 6.45) is 5.17. The minimum Gasteiger partial charge on any atom is -0.335 e. The molecule has 1 heterocycles. The molecule has 4 nitrogen and oxygen atoms in total. The van der Waals surface area contributed by atoms with Crippen molar-refractivity contribution in [3.05, 3.63) is 30.1 Å². The van der Waals surface area contributed by atoms with Crippen LogP contribution < -0.4 is 5.73 Å². The van der Waals surface area contributed by atoms with Crippen molar-refractivity contribution in [3.8, 4) is 0 Å². The Morgan fingerprint density at radius 2 is 2.22 bits per heavy atom. The van der Waals surface area contributed by atoms with Crippen molar-refractivity contribution in [1.82, 2.24) is 9.88 Å². The second-order valence-corrected chi connectivity index (χ2v) is 4.82. The van der Waals surface area contributed by atoms with Gasteiger partial charge in [0, 0.05) is 25.0 Å². The van der Waals surface area contributed by atoms with E-state index in [1.807, 2.05) is 37.8 Å². The number of carbonyl (C=O) groups is 1. The van der Waals surface area contributed by atoms with Gasteiger partial charge in [-0.05, 0) is 31.9 Å². The first-order valence-electron chi connectivity index (χ1n) is 6.51. The Kier molecular flexibility index (Phi) is 5.78. The fraction of sp³-hybridized carbons (Fsp3) is 0.571. The molecule has 18 heavy (non-hydrogen) atoms. The van der Waals surface area contributed by atoms with Crippen LogP contribution in [-0.4, -0.2) is 27.9 Å². The Balaban J connectivity index is 2.74. The van der Waals surface area contributed by atoms with E-state index in [1.165, 1.54) is 0 Å². The largest absolute Gasteiger partial charge is 0.335 e. The minimum absolute atomic E-state index is 0.0238. The van der Waals surface area contributed by atoms with Crippen molar-refractivity contribution < 1.29 is 4.79 Å². The zero-order chi connectivity index (χ0) is 13.5. The summed E-state index contributed by atoms with van der Waals surface area (Å²) in [5, 5.41) is 0. The third-order valence-corrected chi connectivity index (χ3v) is 2.90. The Morgan fingerprint density at radius 3 is 2.72 bits per heavy atom. The summed E-state index contributed by atoms with van der Waals surface area (Å²) in [6.45, 7) is 6.62. The van der Waals surface area contributed by atoms with E-state index in [0.29, 0.717) is 6.54 Å². The number of rotatable bonds is 6. The molecule has 0 aliphatic heterocycles. The molecular formula is C14H23N3O. The van der Waals surface area contributed by atoms with Gasteiger partial charge < -0.3 is 10.6 Å². The lowest BCUT2D eigenvalue weighted by Crippen LogP contribution is -2.46. The molecule has 2 N–H and O–H groups in total. The zero-order valence-corrected chi connectivity index (χ0v) is 11.5. The van der Waals surface area contributed by atoms with Gasteiger partial charge in [0.2, 0.25) is 5.91 Å². The van der Waals surface area contributed by atoms with Crippen LogP contribution in [0.4, 0.5) is 0 Å². The van der Waals surface area contributed by atoms with E-state index in [2.05, 4.69) is 4.98 Å². The van der Waals surface area contributed by atoms with Crippen molar-refractivity contribution in [3.63, 3.8) is 0 Å². The number of nitrogens with two attached hydrogens (primary N) is 1. The van der Waals surface area contributed by atoms with Crippen LogP contribution in [0.2, 0.25) is 0 Å². The standard InChI is InChI=1S/C14H23N3O/c1-4-6-13(15)14(18)17(11(2)3)10-12-7-5-8-16-9-12/h5,7-9,11,13H,4,6,10,15H2,1-3H3. The molecule has 0 aliphatic rings. The van der Waals surface area contributed by atoms with Crippen LogP contribution in [0.15, 0.2) is 24.5 Å². The number of pyridine rings is 1. The number of nitrogens with zero attached hydrogens (tertiary/aromatic N) is 2. The van der Waals surface area contributed by atoms with Crippen LogP contribution >= 0.6 is 0 Å². The van der Waals surface area contributed by atoms with Crippen molar-refractivity contribution in [1.29, 1.82) is 0 Å². The number of amides is 1. The van der Waals surface area contributed by atoms with Gasteiger partial charge >= 0.3 is 0 Å². The van der Waals surface area contributed by atoms with Crippen LogP contribution in [0, 0.1) is 0 Å². The topological polar surface area (TPSA) is 59.2 Å². The van der Waals surface area contributed by atoms with Gasteiger partial charge in [0.05, 0.1) is 6.04 Å². The zero-order valence-electron chi connectivity index (χ0n) is 11.5. The summed E-state index contributed by atoms with van der Waals surface area (Å²) in [5.74, 6) is 0.0238. The fourth-order valence-corrected chi connectivity index (χ4v) is 1.85. The van der Waals surface area contributed by atoms with Gasteiger partial charge in [-0.15, -0.1) is 0 Å². The van der Waals surface area contributed by atoms with Gasteiger partial charge in [-0.2, -0.15) is 0 Å². The monoisotopic (exact) mass is 249 g/mol. The van der Waals surface area contributed by atoms with Gasteiger partial charge in [0.25, 0.3) is 0 Å². The quantitative estimate of drug-likeness (QED) is 0.838. The summed E-state index contributed by atoms with van der Waals surface area (Å²) >= 11 is 0. The van der Waals surface area contributed by atoms with E-state index in [4.69, 9.17) is 5.73 Å². The van der Waals surface area contributed by atoms with Gasteiger partial charge in [0.1, 0.15) is 0 Å². The molecule has 0 fully saturated rings. The Hall–Kier alpha value is -1.42. The predicted octanol–water partition coefficient (Wildman–Crippen LogP) is 1.95. The molecule has 1 unspecified atom stereocenters. The van der Waals surface area contributed by atoms with E-state index in [9.17, 15) is 4.79 Å². The summed E-state index contributed by atoms with van der Waals surface area (Å²) in [7, 11) is 0. The van der Waals surface area contributed by atoms with E-state index in [0.717, 1.165) is 18.4 Å². The van der Waals surface area contributed by atoms with Crippen molar-refractivity contribution in [2.45, 2.75) is 52.2 Å². The summed E-state index contributed by atoms with van der Waals surface area (Å²) in [4.78, 5) is 18.1. The number of hydrogen-bond donors (Lipinski definition) is 1. The average molecular weight is 249 g/mol. The lowest BCUT2D eigenvalue weighted by Gasteiger charge is -2.29. The fourth-order valence-electron chi connectivity index (χ4n) is 1.85. The number of hydrogen-bond acceptors (Lipinski definition) is 3. The molecule has 0 bridgehead atoms. The summed E-state index contributed by atoms with van der Waals surface area (Å²) < 4.78 is 0. The maximum absolute atomic E-state index is 12.3. The lowest BCUT2D eigenvalue weighted by molar-refractivity contribution is -0.135. The molecule has 0 aliphatic carbocycles. The second-order valence-electron chi connectivity index (χ2n) is 4.82. The van der Waals surface area contributed by atoms with Gasteiger partial charge in [-0.25, -0.2) is 0 Å². The normalized spacial score (nSPS) is 12.5. The van der Waals surface area contributed by atoms with E-state index >= 15 is 0 Å². The van der Waals surface area contributed by atoms with Crippen LogP contribution in [0.3, 0.4) is 0 Å². The van der Waals surface area contributed by atoms with E-state index in [-0.39, 0.29) is 11.9 Å². The highest BCUT2D eigenvalue weighted by Crippen LogP contribution is 2.10. The summed E-state index contributed by atoms with van der Waals surface area (Å²) in [6, 6.07) is 3.60. The highest BCUT2D eigenvalue weighted by molar-refractivity contribution is 5.81. The highest BCUT2D eigenvalue weighted by atomic mass is 16.2. The Bertz CT molecular complexity index is 365. The van der Waals surface area contributed by atoms with Crippen molar-refractivity contribution in [2.75, 3.05) is 0 Å². The molecule has 0 saturated heterocycles. The molecular weight excluding hydrogens is 226 g/mol. The lowest BCUT2D eigenvalue weighted by atomic mass is 10.1. The second kappa shape index (κ2) is 7.11. The molecule has 0 aromatic carbocycles. The predicted molar refractivity (Wildman–Crippen MR) is 72.8 cm³/mol. The van der Waals surface area contributed by atoms with Crippen LogP contribution in [0.25, 0.3) is 0 Å². The Labute approximate surface area is 109 Å². The van der Waals surface area contributed by atoms with Crippen molar-refractivity contribution >= 4 is 5.91 Å². The third kappa shape index (κ3) is 4.11. The third-order valence-electron chi connectivity index (χ3n) is 2.90. The molecule has 100 valence electrons. The molecule has 1 atom stereocenters. The van der Waals surface area contributed by atoms with E-state index < -0.39 is 6.04 Å². The molecule has 1 aromatic heterocycles. The summed E-state index contributed by atoms with van der Waals surface area (Å²) in [5.41, 5.74) is 6.94. The SMILES string of the molecule is CCCC(N)C(=O)N(Cc1cccnc1)C(C)C. The van der Waals surface area contributed by atoms with Crippen molar-refractivity contribution in [2.24, 2.45) is 5.73 Å². The first kappa shape index (κ1) is 14.6. The van der Waals surface area contributed by atoms with Crippen LogP contribution in [0.5, 0.6) is 0 Å². The molecule has 1 rings (SSSR count). The first-order chi connectivity index (χ1) is 8.56. The highest BCUT2D eigenvalue weighted by Gasteiger charge is 2.22. The van der Waals surface area contributed by atoms with E-state index in [1.54, 1.807) is 12.4 Å². The average Bonchev–Trinajstić information content (AvgIpc) is 2.36.